The van der Waals surface area contributed by atoms with Crippen LogP contribution in [0.4, 0.5) is 0 Å². The van der Waals surface area contributed by atoms with Crippen LogP contribution in [0.3, 0.4) is 0 Å². The zero-order chi connectivity index (χ0) is 14.7. The van der Waals surface area contributed by atoms with Gasteiger partial charge < -0.3 is 19.8 Å². The Morgan fingerprint density at radius 2 is 2.05 bits per heavy atom. The standard InChI is InChI=1S/C11H9N3O6/c15-8(6-4-13-11(19)14-9(6)16)12-3-5-1-2-7(20-5)10(17)18/h1-2,4H,3H2,(H,12,15)(H,17,18)(H2,13,14,16,19). The van der Waals surface area contributed by atoms with Crippen molar-refractivity contribution in [2.45, 2.75) is 6.54 Å². The largest absolute Gasteiger partial charge is 0.475 e. The number of carboxylic acid groups (broad SMARTS) is 1. The molecule has 0 saturated carbocycles. The molecule has 0 saturated heterocycles. The van der Waals surface area contributed by atoms with Gasteiger partial charge >= 0.3 is 11.7 Å². The van der Waals surface area contributed by atoms with Crippen molar-refractivity contribution in [1.82, 2.24) is 15.3 Å². The second-order valence-corrected chi connectivity index (χ2v) is 3.74. The summed E-state index contributed by atoms with van der Waals surface area (Å²) in [6, 6.07) is 2.64. The van der Waals surface area contributed by atoms with Gasteiger partial charge in [-0.3, -0.25) is 14.6 Å². The minimum Gasteiger partial charge on any atom is -0.475 e. The highest BCUT2D eigenvalue weighted by Gasteiger charge is 2.13. The molecule has 2 rings (SSSR count). The van der Waals surface area contributed by atoms with Crippen molar-refractivity contribution in [1.29, 1.82) is 0 Å². The molecule has 20 heavy (non-hydrogen) atoms. The predicted octanol–water partition coefficient (Wildman–Crippen LogP) is -0.716. The molecule has 0 atom stereocenters. The number of amides is 1. The smallest absolute Gasteiger partial charge is 0.371 e. The van der Waals surface area contributed by atoms with Crippen LogP contribution in [0.25, 0.3) is 0 Å². The highest BCUT2D eigenvalue weighted by molar-refractivity contribution is 5.93. The maximum absolute atomic E-state index is 11.7. The van der Waals surface area contributed by atoms with Crippen LogP contribution in [-0.2, 0) is 6.54 Å². The minimum absolute atomic E-state index is 0.0926. The second kappa shape index (κ2) is 5.26. The first-order chi connectivity index (χ1) is 9.47. The van der Waals surface area contributed by atoms with Crippen LogP contribution in [0.15, 0.2) is 32.3 Å². The quantitative estimate of drug-likeness (QED) is 0.581. The van der Waals surface area contributed by atoms with E-state index in [1.54, 1.807) is 0 Å². The molecule has 4 N–H and O–H groups in total. The van der Waals surface area contributed by atoms with E-state index in [0.717, 1.165) is 6.20 Å². The minimum atomic E-state index is -1.22. The maximum atomic E-state index is 11.7. The van der Waals surface area contributed by atoms with E-state index in [1.165, 1.54) is 12.1 Å². The highest BCUT2D eigenvalue weighted by atomic mass is 16.4. The zero-order valence-electron chi connectivity index (χ0n) is 9.93. The van der Waals surface area contributed by atoms with Gasteiger partial charge in [-0.05, 0) is 12.1 Å². The maximum Gasteiger partial charge on any atom is 0.371 e. The molecule has 2 heterocycles. The van der Waals surface area contributed by atoms with E-state index in [9.17, 15) is 19.2 Å². The number of H-pyrrole nitrogens is 2. The van der Waals surface area contributed by atoms with E-state index in [1.807, 2.05) is 4.98 Å². The lowest BCUT2D eigenvalue weighted by atomic mass is 10.3. The Hall–Kier alpha value is -3.10. The summed E-state index contributed by atoms with van der Waals surface area (Å²) in [7, 11) is 0. The molecular weight excluding hydrogens is 270 g/mol. The number of carboxylic acids is 1. The SMILES string of the molecule is O=C(O)c1ccc(CNC(=O)c2c[nH]c(=O)[nH]c2=O)o1. The Bertz CT molecular complexity index is 769. The molecular formula is C11H9N3O6. The molecule has 2 aromatic rings. The molecule has 0 fully saturated rings. The number of nitrogens with one attached hydrogen (secondary N) is 3. The summed E-state index contributed by atoms with van der Waals surface area (Å²) in [6.45, 7) is -0.0926. The number of aromatic carboxylic acids is 1. The number of hydrogen-bond donors (Lipinski definition) is 4. The Morgan fingerprint density at radius 1 is 1.30 bits per heavy atom. The van der Waals surface area contributed by atoms with Crippen molar-refractivity contribution in [3.63, 3.8) is 0 Å². The highest BCUT2D eigenvalue weighted by Crippen LogP contribution is 2.07. The fraction of sp³-hybridized carbons (Fsp3) is 0.0909. The Kier molecular flexibility index (Phi) is 3.51. The number of carbonyl (C=O) groups excluding carboxylic acids is 1. The van der Waals surface area contributed by atoms with Crippen LogP contribution in [0, 0.1) is 0 Å². The molecule has 0 unspecified atom stereocenters. The van der Waals surface area contributed by atoms with E-state index < -0.39 is 23.1 Å². The van der Waals surface area contributed by atoms with Gasteiger partial charge in [-0.2, -0.15) is 0 Å². The fourth-order valence-electron chi connectivity index (χ4n) is 1.43. The van der Waals surface area contributed by atoms with Gasteiger partial charge in [0.1, 0.15) is 11.3 Å². The fourth-order valence-corrected chi connectivity index (χ4v) is 1.43. The molecule has 0 aliphatic heterocycles. The van der Waals surface area contributed by atoms with Crippen molar-refractivity contribution in [3.8, 4) is 0 Å². The number of rotatable bonds is 4. The van der Waals surface area contributed by atoms with Crippen LogP contribution in [0.1, 0.15) is 26.7 Å². The van der Waals surface area contributed by atoms with Crippen LogP contribution in [0.2, 0.25) is 0 Å². The summed E-state index contributed by atoms with van der Waals surface area (Å²) in [5.41, 5.74) is -1.81. The van der Waals surface area contributed by atoms with Crippen LogP contribution in [-0.4, -0.2) is 27.0 Å². The Balaban J connectivity index is 2.06. The number of hydrogen-bond acceptors (Lipinski definition) is 5. The van der Waals surface area contributed by atoms with E-state index >= 15 is 0 Å². The first kappa shape index (κ1) is 13.3. The third kappa shape index (κ3) is 2.83. The van der Waals surface area contributed by atoms with Crippen LogP contribution < -0.4 is 16.6 Å². The van der Waals surface area contributed by atoms with E-state index in [2.05, 4.69) is 10.3 Å². The van der Waals surface area contributed by atoms with Crippen molar-refractivity contribution >= 4 is 11.9 Å². The molecule has 0 aromatic carbocycles. The lowest BCUT2D eigenvalue weighted by molar-refractivity contribution is 0.0660. The van der Waals surface area contributed by atoms with Crippen molar-refractivity contribution in [2.24, 2.45) is 0 Å². The van der Waals surface area contributed by atoms with E-state index in [4.69, 9.17) is 9.52 Å². The Morgan fingerprint density at radius 3 is 2.65 bits per heavy atom. The number of aromatic amines is 2. The van der Waals surface area contributed by atoms with Gasteiger partial charge in [-0.1, -0.05) is 0 Å². The second-order valence-electron chi connectivity index (χ2n) is 3.74. The summed E-state index contributed by atoms with van der Waals surface area (Å²) < 4.78 is 4.92. The molecule has 0 radical (unpaired) electrons. The number of aromatic nitrogens is 2. The van der Waals surface area contributed by atoms with Crippen LogP contribution >= 0.6 is 0 Å². The molecule has 2 aromatic heterocycles. The molecule has 0 aliphatic carbocycles. The van der Waals surface area contributed by atoms with Gasteiger partial charge in [0.15, 0.2) is 0 Å². The van der Waals surface area contributed by atoms with Gasteiger partial charge in [0.05, 0.1) is 6.54 Å². The van der Waals surface area contributed by atoms with E-state index in [-0.39, 0.29) is 23.6 Å². The lowest BCUT2D eigenvalue weighted by Crippen LogP contribution is -2.33. The normalized spacial score (nSPS) is 10.2. The third-order valence-corrected chi connectivity index (χ3v) is 2.36. The first-order valence-corrected chi connectivity index (χ1v) is 5.39. The number of carbonyl (C=O) groups is 2. The molecule has 0 spiro atoms. The zero-order valence-corrected chi connectivity index (χ0v) is 9.93. The summed E-state index contributed by atoms with van der Waals surface area (Å²) in [4.78, 5) is 48.5. The lowest BCUT2D eigenvalue weighted by Gasteiger charge is -2.01. The van der Waals surface area contributed by atoms with E-state index in [0.29, 0.717) is 0 Å². The Labute approximate surface area is 110 Å². The van der Waals surface area contributed by atoms with Gasteiger partial charge in [0.2, 0.25) is 5.76 Å². The summed E-state index contributed by atoms with van der Waals surface area (Å²) in [5.74, 6) is -1.98. The molecule has 9 nitrogen and oxygen atoms in total. The molecule has 104 valence electrons. The molecule has 0 bridgehead atoms. The monoisotopic (exact) mass is 279 g/mol. The van der Waals surface area contributed by atoms with Crippen LogP contribution in [0.5, 0.6) is 0 Å². The van der Waals surface area contributed by atoms with Gasteiger partial charge in [-0.25, -0.2) is 9.59 Å². The average Bonchev–Trinajstić information content (AvgIpc) is 2.85. The molecule has 9 heteroatoms. The first-order valence-electron chi connectivity index (χ1n) is 5.39. The van der Waals surface area contributed by atoms with Gasteiger partial charge in [0, 0.05) is 6.20 Å². The molecule has 1 amide bonds. The van der Waals surface area contributed by atoms with Crippen molar-refractivity contribution in [3.05, 3.63) is 56.3 Å². The average molecular weight is 279 g/mol. The van der Waals surface area contributed by atoms with Crippen molar-refractivity contribution in [2.75, 3.05) is 0 Å². The van der Waals surface area contributed by atoms with Gasteiger partial charge in [0.25, 0.3) is 11.5 Å². The summed E-state index contributed by atoms with van der Waals surface area (Å²) in [6.07, 6.45) is 0.987. The third-order valence-electron chi connectivity index (χ3n) is 2.36. The predicted molar refractivity (Wildman–Crippen MR) is 64.5 cm³/mol. The van der Waals surface area contributed by atoms with Gasteiger partial charge in [-0.15, -0.1) is 0 Å². The molecule has 0 aliphatic rings. The number of furan rings is 1. The summed E-state index contributed by atoms with van der Waals surface area (Å²) in [5, 5.41) is 11.0. The van der Waals surface area contributed by atoms with Crippen molar-refractivity contribution < 1.29 is 19.1 Å². The summed E-state index contributed by atoms with van der Waals surface area (Å²) >= 11 is 0. The topological polar surface area (TPSA) is 145 Å².